The minimum Gasteiger partial charge on any atom is -0.103 e. The Morgan fingerprint density at radius 2 is 0.416 bits per heavy atom. The normalized spacial score (nSPS) is 13.7. The molecular weight excluding hydrogens is 1130 g/mol. The number of hydrogen-bond acceptors (Lipinski definition) is 0. The van der Waals surface area contributed by atoms with Crippen LogP contribution in [0.4, 0.5) is 0 Å². The number of alkyl halides is 3. The Labute approximate surface area is 510 Å². The molecule has 0 atom stereocenters. The molecule has 2 aromatic rings. The highest BCUT2D eigenvalue weighted by atomic mass is 79.9. The highest BCUT2D eigenvalue weighted by Gasteiger charge is 2.54. The monoisotopic (exact) mass is 1260 g/mol. The van der Waals surface area contributed by atoms with E-state index < -0.39 is 0 Å². The first-order chi connectivity index (χ1) is 34.8. The van der Waals surface area contributed by atoms with Crippen molar-refractivity contribution in [3.63, 3.8) is 0 Å². The summed E-state index contributed by atoms with van der Waals surface area (Å²) in [6.45, 7) is 72.5. The molecule has 0 unspecified atom stereocenters. The molecule has 0 aliphatic rings. The quantitative estimate of drug-likeness (QED) is 0.0494. The largest absolute Gasteiger partial charge is 0.103 e. The molecule has 77 heavy (non-hydrogen) atoms. The summed E-state index contributed by atoms with van der Waals surface area (Å²) in [4.78, 5) is 0. The summed E-state index contributed by atoms with van der Waals surface area (Å²) < 4.78 is 0. The van der Waals surface area contributed by atoms with Crippen LogP contribution in [-0.2, 0) is 0 Å². The van der Waals surface area contributed by atoms with Gasteiger partial charge in [-0.2, -0.15) is 0 Å². The van der Waals surface area contributed by atoms with Gasteiger partial charge < -0.3 is 0 Å². The summed E-state index contributed by atoms with van der Waals surface area (Å²) >= 11 is 11.0. The smallest absolute Gasteiger partial charge is 0.00315 e. The standard InChI is InChI=1S/C31H61Br3.C31H58.2C6H6/c1-26(2,16-13-19-32)22-29(7,8)25(30(9,10)23-27(3,4)17-14-20-33)31(11,12)24-28(5,6)18-15-21-34;1-16-19-26(4,5)22-29(10,11)25(30(12,13)23-27(6,7)20-17-2)31(14,15)24-28(8,9)21-18-3;2*1-2-4-6-5-3-1/h25H,13-24H2,1-12H3;16-18,25H,1-3,19-24H2,4-15H3;2*1-6H. The van der Waals surface area contributed by atoms with E-state index in [1.165, 1.54) is 77.0 Å². The second-order valence-electron chi connectivity index (χ2n) is 33.0. The molecule has 0 aliphatic carbocycles. The molecule has 0 N–H and O–H groups in total. The van der Waals surface area contributed by atoms with Gasteiger partial charge in [0.15, 0.2) is 0 Å². The van der Waals surface area contributed by atoms with Gasteiger partial charge in [-0.1, -0.05) is 305 Å². The maximum absolute atomic E-state index is 4.04. The fraction of sp³-hybridized carbons (Fsp3) is 0.757. The molecule has 0 aromatic heterocycles. The third-order valence-corrected chi connectivity index (χ3v) is 18.4. The molecular formula is C74H131Br3. The highest BCUT2D eigenvalue weighted by Crippen LogP contribution is 2.62. The molecule has 0 nitrogen and oxygen atoms in total. The zero-order valence-corrected chi connectivity index (χ0v) is 60.6. The number of halogens is 3. The van der Waals surface area contributed by atoms with Crippen molar-refractivity contribution in [3.05, 3.63) is 111 Å². The van der Waals surface area contributed by atoms with Crippen LogP contribution in [0.2, 0.25) is 0 Å². The van der Waals surface area contributed by atoms with Crippen molar-refractivity contribution < 1.29 is 0 Å². The first kappa shape index (κ1) is 78.2. The summed E-state index contributed by atoms with van der Waals surface area (Å²) in [6.07, 6.45) is 24.6. The number of benzene rings is 2. The van der Waals surface area contributed by atoms with E-state index in [2.05, 4.69) is 252 Å². The average Bonchev–Trinajstić information content (AvgIpc) is 3.22. The number of hydrogen-bond donors (Lipinski definition) is 0. The van der Waals surface area contributed by atoms with Gasteiger partial charge in [0.1, 0.15) is 0 Å². The maximum Gasteiger partial charge on any atom is 0.00315 e. The molecule has 0 heterocycles. The van der Waals surface area contributed by atoms with Gasteiger partial charge in [-0.3, -0.25) is 0 Å². The van der Waals surface area contributed by atoms with Crippen LogP contribution in [0.1, 0.15) is 262 Å². The Kier molecular flexibility index (Phi) is 34.5. The SMILES string of the molecule is C=CCC(C)(C)CC(C)(C)C(C(C)(C)CC(C)(C)CC=C)C(C)(C)CC(C)(C)CC=C.CC(C)(CCCBr)CC(C)(C)C(C(C)(C)CC(C)(C)CCCBr)C(C)(C)CC(C)(C)CCCBr.c1ccccc1.c1ccccc1. The van der Waals surface area contributed by atoms with E-state index in [9.17, 15) is 0 Å². The third-order valence-electron chi connectivity index (χ3n) is 16.7. The summed E-state index contributed by atoms with van der Waals surface area (Å²) in [5, 5.41) is 3.34. The van der Waals surface area contributed by atoms with E-state index in [1.807, 2.05) is 72.8 Å². The van der Waals surface area contributed by atoms with Crippen molar-refractivity contribution in [2.24, 2.45) is 76.8 Å². The van der Waals surface area contributed by atoms with Crippen LogP contribution in [0.25, 0.3) is 0 Å². The van der Waals surface area contributed by atoms with Gasteiger partial charge in [0.05, 0.1) is 0 Å². The van der Waals surface area contributed by atoms with Gasteiger partial charge in [-0.15, -0.1) is 19.7 Å². The molecule has 0 fully saturated rings. The van der Waals surface area contributed by atoms with Crippen molar-refractivity contribution in [1.29, 1.82) is 0 Å². The minimum atomic E-state index is 0.202. The van der Waals surface area contributed by atoms with Crippen molar-refractivity contribution in [1.82, 2.24) is 0 Å². The number of rotatable bonds is 33. The second-order valence-corrected chi connectivity index (χ2v) is 35.4. The van der Waals surface area contributed by atoms with Crippen LogP contribution in [0.5, 0.6) is 0 Å². The molecule has 0 radical (unpaired) electrons. The average molecular weight is 1260 g/mol. The van der Waals surface area contributed by atoms with Gasteiger partial charge in [0, 0.05) is 16.0 Å². The van der Waals surface area contributed by atoms with Gasteiger partial charge in [0.25, 0.3) is 0 Å². The molecule has 0 aliphatic heterocycles. The molecule has 0 saturated carbocycles. The van der Waals surface area contributed by atoms with Crippen LogP contribution >= 0.6 is 47.8 Å². The topological polar surface area (TPSA) is 0 Å². The lowest BCUT2D eigenvalue weighted by Gasteiger charge is -2.57. The zero-order chi connectivity index (χ0) is 60.5. The van der Waals surface area contributed by atoms with Crippen molar-refractivity contribution in [2.45, 2.75) is 262 Å². The lowest BCUT2D eigenvalue weighted by molar-refractivity contribution is -0.0830. The van der Waals surface area contributed by atoms with E-state index in [4.69, 9.17) is 0 Å². The zero-order valence-electron chi connectivity index (χ0n) is 55.8. The predicted octanol–water partition coefficient (Wildman–Crippen LogP) is 26.5. The Hall–Kier alpha value is -0.900. The van der Waals surface area contributed by atoms with Crippen LogP contribution < -0.4 is 0 Å². The molecule has 0 bridgehead atoms. The molecule has 2 aromatic carbocycles. The van der Waals surface area contributed by atoms with E-state index in [1.54, 1.807) is 0 Å². The van der Waals surface area contributed by atoms with Gasteiger partial charge in [-0.25, -0.2) is 0 Å². The second kappa shape index (κ2) is 34.0. The first-order valence-electron chi connectivity index (χ1n) is 30.3. The van der Waals surface area contributed by atoms with Gasteiger partial charge >= 0.3 is 0 Å². The van der Waals surface area contributed by atoms with E-state index in [-0.39, 0.29) is 48.7 Å². The maximum atomic E-state index is 4.04. The Morgan fingerprint density at radius 1 is 0.273 bits per heavy atom. The van der Waals surface area contributed by atoms with Crippen molar-refractivity contribution in [3.8, 4) is 0 Å². The van der Waals surface area contributed by atoms with Gasteiger partial charge in [0.2, 0.25) is 0 Å². The van der Waals surface area contributed by atoms with Crippen LogP contribution in [0, 0.1) is 76.8 Å². The molecule has 0 amide bonds. The van der Waals surface area contributed by atoms with E-state index in [0.717, 1.165) is 35.3 Å². The summed E-state index contributed by atoms with van der Waals surface area (Å²) in [7, 11) is 0. The lowest BCUT2D eigenvalue weighted by atomic mass is 9.47. The minimum absolute atomic E-state index is 0.202. The first-order valence-corrected chi connectivity index (χ1v) is 33.7. The van der Waals surface area contributed by atoms with Crippen LogP contribution in [0.3, 0.4) is 0 Å². The van der Waals surface area contributed by atoms with Crippen LogP contribution in [-0.4, -0.2) is 16.0 Å². The Bertz CT molecular complexity index is 1600. The fourth-order valence-electron chi connectivity index (χ4n) is 18.4. The lowest BCUT2D eigenvalue weighted by Crippen LogP contribution is -2.49. The third kappa shape index (κ3) is 33.1. The van der Waals surface area contributed by atoms with Crippen molar-refractivity contribution >= 4 is 47.8 Å². The Balaban J connectivity index is 0. The highest BCUT2D eigenvalue weighted by molar-refractivity contribution is 9.09. The molecule has 0 spiro atoms. The summed E-state index contributed by atoms with van der Waals surface area (Å²) in [5.74, 6) is 1.21. The number of allylic oxidation sites excluding steroid dienone is 3. The Morgan fingerprint density at radius 3 is 0.545 bits per heavy atom. The van der Waals surface area contributed by atoms with E-state index in [0.29, 0.717) is 28.1 Å². The van der Waals surface area contributed by atoms with Crippen molar-refractivity contribution in [2.75, 3.05) is 16.0 Å². The van der Waals surface area contributed by atoms with E-state index >= 15 is 0 Å². The molecule has 3 heteroatoms. The van der Waals surface area contributed by atoms with Crippen LogP contribution in [0.15, 0.2) is 111 Å². The predicted molar refractivity (Wildman–Crippen MR) is 366 cm³/mol. The fourth-order valence-corrected chi connectivity index (χ4v) is 19.3. The molecule has 0 saturated heterocycles. The van der Waals surface area contributed by atoms with Gasteiger partial charge in [-0.05, 0) is 173 Å². The summed E-state index contributed by atoms with van der Waals surface area (Å²) in [6, 6.07) is 24.0. The molecule has 2 rings (SSSR count). The summed E-state index contributed by atoms with van der Waals surface area (Å²) in [5.41, 5.74) is 3.24. The molecule has 448 valence electrons.